The van der Waals surface area contributed by atoms with Crippen LogP contribution in [0.5, 0.6) is 0 Å². The Kier molecular flexibility index (Phi) is 6.23. The lowest BCUT2D eigenvalue weighted by molar-refractivity contribution is -0.132. The molecule has 2 heterocycles. The van der Waals surface area contributed by atoms with Crippen molar-refractivity contribution in [1.29, 1.82) is 0 Å². The summed E-state index contributed by atoms with van der Waals surface area (Å²) >= 11 is 0. The summed E-state index contributed by atoms with van der Waals surface area (Å²) in [5, 5.41) is 3.90. The van der Waals surface area contributed by atoms with E-state index in [1.807, 2.05) is 42.2 Å². The zero-order valence-corrected chi connectivity index (χ0v) is 14.6. The molecule has 1 aromatic carbocycles. The summed E-state index contributed by atoms with van der Waals surface area (Å²) in [4.78, 5) is 16.6. The van der Waals surface area contributed by atoms with E-state index in [4.69, 9.17) is 10.3 Å². The zero-order chi connectivity index (χ0) is 16.2. The number of aryl methyl sites for hydroxylation is 1. The van der Waals surface area contributed by atoms with Gasteiger partial charge in [0, 0.05) is 37.9 Å². The number of carbonyl (C=O) groups is 1. The molecule has 1 aromatic heterocycles. The normalized spacial score (nSPS) is 15.1. The van der Waals surface area contributed by atoms with Crippen molar-refractivity contribution in [2.24, 2.45) is 0 Å². The second-order valence-electron chi connectivity index (χ2n) is 6.01. The Morgan fingerprint density at radius 3 is 2.62 bits per heavy atom. The van der Waals surface area contributed by atoms with E-state index >= 15 is 0 Å². The van der Waals surface area contributed by atoms with Gasteiger partial charge in [0.15, 0.2) is 5.76 Å². The van der Waals surface area contributed by atoms with Crippen LogP contribution < -0.4 is 5.73 Å². The number of amides is 1. The Morgan fingerprint density at radius 1 is 1.25 bits per heavy atom. The molecule has 0 radical (unpaired) electrons. The van der Waals surface area contributed by atoms with Crippen LogP contribution >= 0.6 is 12.4 Å². The van der Waals surface area contributed by atoms with Crippen LogP contribution in [0, 0.1) is 6.92 Å². The van der Waals surface area contributed by atoms with E-state index in [-0.39, 0.29) is 18.3 Å². The van der Waals surface area contributed by atoms with Gasteiger partial charge >= 0.3 is 0 Å². The molecule has 1 aliphatic rings. The minimum absolute atomic E-state index is 0. The Balaban J connectivity index is 0.00000208. The van der Waals surface area contributed by atoms with Gasteiger partial charge in [-0.1, -0.05) is 17.3 Å². The molecule has 1 saturated heterocycles. The SMILES string of the molecule is Cc1cc(CN2CCN(C(=O)Cc3cccc(N)c3)CC2)on1.Cl. The van der Waals surface area contributed by atoms with Gasteiger partial charge in [0.25, 0.3) is 0 Å². The van der Waals surface area contributed by atoms with Gasteiger partial charge in [-0.3, -0.25) is 9.69 Å². The largest absolute Gasteiger partial charge is 0.399 e. The Hall–Kier alpha value is -2.05. The molecule has 1 fully saturated rings. The Labute approximate surface area is 148 Å². The van der Waals surface area contributed by atoms with E-state index < -0.39 is 0 Å². The van der Waals surface area contributed by atoms with Crippen LogP contribution in [-0.4, -0.2) is 47.0 Å². The second-order valence-corrected chi connectivity index (χ2v) is 6.01. The van der Waals surface area contributed by atoms with Crippen molar-refractivity contribution in [1.82, 2.24) is 15.0 Å². The van der Waals surface area contributed by atoms with Gasteiger partial charge in [0.05, 0.1) is 18.7 Å². The number of halogens is 1. The summed E-state index contributed by atoms with van der Waals surface area (Å²) in [6.07, 6.45) is 0.409. The summed E-state index contributed by atoms with van der Waals surface area (Å²) < 4.78 is 5.25. The number of carbonyl (C=O) groups excluding carboxylic acids is 1. The minimum Gasteiger partial charge on any atom is -0.399 e. The van der Waals surface area contributed by atoms with Gasteiger partial charge in [-0.2, -0.15) is 0 Å². The summed E-state index contributed by atoms with van der Waals surface area (Å²) in [7, 11) is 0. The fourth-order valence-electron chi connectivity index (χ4n) is 2.86. The smallest absolute Gasteiger partial charge is 0.227 e. The number of nitrogen functional groups attached to an aromatic ring is 1. The molecule has 0 bridgehead atoms. The van der Waals surface area contributed by atoms with Crippen molar-refractivity contribution < 1.29 is 9.32 Å². The number of benzene rings is 1. The van der Waals surface area contributed by atoms with Gasteiger partial charge in [0.2, 0.25) is 5.91 Å². The van der Waals surface area contributed by atoms with Crippen LogP contribution in [0.2, 0.25) is 0 Å². The molecule has 2 N–H and O–H groups in total. The van der Waals surface area contributed by atoms with Crippen molar-refractivity contribution in [3.8, 4) is 0 Å². The van der Waals surface area contributed by atoms with Crippen LogP contribution in [0.1, 0.15) is 17.0 Å². The maximum absolute atomic E-state index is 12.4. The first kappa shape index (κ1) is 18.3. The predicted molar refractivity (Wildman–Crippen MR) is 94.9 cm³/mol. The molecule has 2 aromatic rings. The maximum Gasteiger partial charge on any atom is 0.227 e. The van der Waals surface area contributed by atoms with Crippen LogP contribution in [0.3, 0.4) is 0 Å². The van der Waals surface area contributed by atoms with E-state index in [1.54, 1.807) is 0 Å². The molecule has 130 valence electrons. The average molecular weight is 351 g/mol. The van der Waals surface area contributed by atoms with Crippen LogP contribution in [0.25, 0.3) is 0 Å². The molecule has 0 saturated carbocycles. The highest BCUT2D eigenvalue weighted by atomic mass is 35.5. The number of nitrogens with two attached hydrogens (primary N) is 1. The van der Waals surface area contributed by atoms with Crippen LogP contribution in [-0.2, 0) is 17.8 Å². The average Bonchev–Trinajstić information content (AvgIpc) is 2.93. The molecule has 0 unspecified atom stereocenters. The van der Waals surface area contributed by atoms with Crippen molar-refractivity contribution in [2.45, 2.75) is 19.9 Å². The Morgan fingerprint density at radius 2 is 2.00 bits per heavy atom. The first-order valence-corrected chi connectivity index (χ1v) is 7.87. The van der Waals surface area contributed by atoms with Crippen molar-refractivity contribution in [3.63, 3.8) is 0 Å². The molecular formula is C17H23ClN4O2. The molecule has 0 aliphatic carbocycles. The lowest BCUT2D eigenvalue weighted by Crippen LogP contribution is -2.48. The first-order valence-electron chi connectivity index (χ1n) is 7.87. The summed E-state index contributed by atoms with van der Waals surface area (Å²) in [5.41, 5.74) is 8.32. The second kappa shape index (κ2) is 8.17. The zero-order valence-electron chi connectivity index (χ0n) is 13.8. The topological polar surface area (TPSA) is 75.6 Å². The molecule has 3 rings (SSSR count). The van der Waals surface area contributed by atoms with Crippen LogP contribution in [0.4, 0.5) is 5.69 Å². The van der Waals surface area contributed by atoms with Gasteiger partial charge in [-0.15, -0.1) is 12.4 Å². The number of piperazine rings is 1. The van der Waals surface area contributed by atoms with Gasteiger partial charge in [-0.25, -0.2) is 0 Å². The third kappa shape index (κ3) is 4.72. The Bertz CT molecular complexity index is 681. The predicted octanol–water partition coefficient (Wildman–Crippen LogP) is 1.87. The molecule has 0 spiro atoms. The van der Waals surface area contributed by atoms with E-state index in [0.29, 0.717) is 12.1 Å². The molecule has 0 atom stereocenters. The number of rotatable bonds is 4. The van der Waals surface area contributed by atoms with E-state index in [0.717, 1.165) is 49.7 Å². The standard InChI is InChI=1S/C17H22N4O2.ClH/c1-13-9-16(23-19-13)12-20-5-7-21(8-6-20)17(22)11-14-3-2-4-15(18)10-14;/h2-4,9-10H,5-8,11-12,18H2,1H3;1H. The quantitative estimate of drug-likeness (QED) is 0.852. The van der Waals surface area contributed by atoms with E-state index in [1.165, 1.54) is 0 Å². The molecule has 6 nitrogen and oxygen atoms in total. The number of anilines is 1. The van der Waals surface area contributed by atoms with E-state index in [2.05, 4.69) is 10.1 Å². The number of hydrogen-bond donors (Lipinski definition) is 1. The van der Waals surface area contributed by atoms with Gasteiger partial charge in [-0.05, 0) is 24.6 Å². The van der Waals surface area contributed by atoms with Crippen molar-refractivity contribution >= 4 is 24.0 Å². The first-order chi connectivity index (χ1) is 11.1. The van der Waals surface area contributed by atoms with Crippen molar-refractivity contribution in [2.75, 3.05) is 31.9 Å². The highest BCUT2D eigenvalue weighted by Gasteiger charge is 2.22. The monoisotopic (exact) mass is 350 g/mol. The highest BCUT2D eigenvalue weighted by molar-refractivity contribution is 5.85. The molecule has 7 heteroatoms. The van der Waals surface area contributed by atoms with E-state index in [9.17, 15) is 4.79 Å². The third-order valence-corrected chi connectivity index (χ3v) is 4.09. The molecule has 24 heavy (non-hydrogen) atoms. The number of hydrogen-bond acceptors (Lipinski definition) is 5. The molecule has 1 amide bonds. The molecular weight excluding hydrogens is 328 g/mol. The molecule has 1 aliphatic heterocycles. The summed E-state index contributed by atoms with van der Waals surface area (Å²) in [6, 6.07) is 9.47. The maximum atomic E-state index is 12.4. The summed E-state index contributed by atoms with van der Waals surface area (Å²) in [6.45, 7) is 5.85. The van der Waals surface area contributed by atoms with Gasteiger partial charge in [0.1, 0.15) is 0 Å². The summed E-state index contributed by atoms with van der Waals surface area (Å²) in [5.74, 6) is 1.03. The highest BCUT2D eigenvalue weighted by Crippen LogP contribution is 2.12. The lowest BCUT2D eigenvalue weighted by Gasteiger charge is -2.34. The minimum atomic E-state index is 0. The lowest BCUT2D eigenvalue weighted by atomic mass is 10.1. The van der Waals surface area contributed by atoms with Crippen LogP contribution in [0.15, 0.2) is 34.9 Å². The fourth-order valence-corrected chi connectivity index (χ4v) is 2.86. The van der Waals surface area contributed by atoms with Gasteiger partial charge < -0.3 is 15.2 Å². The van der Waals surface area contributed by atoms with Crippen molar-refractivity contribution in [3.05, 3.63) is 47.3 Å². The third-order valence-electron chi connectivity index (χ3n) is 4.09. The number of aromatic nitrogens is 1. The number of nitrogens with zero attached hydrogens (tertiary/aromatic N) is 3. The fraction of sp³-hybridized carbons (Fsp3) is 0.412.